The Morgan fingerprint density at radius 3 is 2.91 bits per heavy atom. The monoisotopic (exact) mass is 152 g/mol. The largest absolute Gasteiger partial charge is 0.211 e. The third-order valence-corrected chi connectivity index (χ3v) is 1.77. The van der Waals surface area contributed by atoms with Crippen molar-refractivity contribution in [2.24, 2.45) is 5.92 Å². The first kappa shape index (κ1) is 8.25. The van der Waals surface area contributed by atoms with Gasteiger partial charge in [0.15, 0.2) is 0 Å². The van der Waals surface area contributed by atoms with Gasteiger partial charge in [0.25, 0.3) is 0 Å². The molecular weight excluding hydrogens is 139 g/mol. The predicted octanol–water partition coefficient (Wildman–Crippen LogP) is 3.38. The van der Waals surface area contributed by atoms with Gasteiger partial charge in [0, 0.05) is 5.92 Å². The molecule has 1 rings (SSSR count). The van der Waals surface area contributed by atoms with Crippen LogP contribution in [0.1, 0.15) is 19.8 Å². The molecule has 0 aromatic carbocycles. The Bertz CT molecular complexity index is 199. The zero-order valence-electron chi connectivity index (χ0n) is 6.76. The molecule has 0 heterocycles. The van der Waals surface area contributed by atoms with Crippen LogP contribution in [0.3, 0.4) is 0 Å². The van der Waals surface area contributed by atoms with Gasteiger partial charge in [-0.2, -0.15) is 0 Å². The SMILES string of the molecule is CCCC1C=CC=CC=C1F. The molecule has 0 spiro atoms. The number of rotatable bonds is 2. The van der Waals surface area contributed by atoms with Gasteiger partial charge in [-0.3, -0.25) is 0 Å². The Balaban J connectivity index is 2.64. The van der Waals surface area contributed by atoms with Gasteiger partial charge >= 0.3 is 0 Å². The molecule has 60 valence electrons. The molecule has 0 aromatic heterocycles. The number of halogens is 1. The highest BCUT2D eigenvalue weighted by atomic mass is 19.1. The van der Waals surface area contributed by atoms with Gasteiger partial charge in [-0.1, -0.05) is 37.6 Å². The molecule has 1 unspecified atom stereocenters. The van der Waals surface area contributed by atoms with E-state index < -0.39 is 0 Å². The third kappa shape index (κ3) is 2.34. The van der Waals surface area contributed by atoms with E-state index in [2.05, 4.69) is 6.92 Å². The summed E-state index contributed by atoms with van der Waals surface area (Å²) in [6.45, 7) is 2.07. The molecule has 0 aromatic rings. The lowest BCUT2D eigenvalue weighted by Crippen LogP contribution is -1.95. The van der Waals surface area contributed by atoms with Gasteiger partial charge in [0.2, 0.25) is 0 Å². The van der Waals surface area contributed by atoms with Crippen LogP contribution in [0.4, 0.5) is 4.39 Å². The maximum atomic E-state index is 13.1. The van der Waals surface area contributed by atoms with Gasteiger partial charge in [0.1, 0.15) is 5.83 Å². The zero-order chi connectivity index (χ0) is 8.10. The van der Waals surface area contributed by atoms with Crippen LogP contribution in [-0.4, -0.2) is 0 Å². The van der Waals surface area contributed by atoms with Gasteiger partial charge in [-0.15, -0.1) is 0 Å². The maximum absolute atomic E-state index is 13.1. The number of allylic oxidation sites excluding steroid dienone is 6. The van der Waals surface area contributed by atoms with Crippen molar-refractivity contribution < 1.29 is 4.39 Å². The van der Waals surface area contributed by atoms with E-state index in [4.69, 9.17) is 0 Å². The van der Waals surface area contributed by atoms with Crippen LogP contribution in [0.2, 0.25) is 0 Å². The molecule has 0 saturated heterocycles. The lowest BCUT2D eigenvalue weighted by atomic mass is 10.0. The molecule has 1 atom stereocenters. The van der Waals surface area contributed by atoms with Gasteiger partial charge in [-0.25, -0.2) is 4.39 Å². The van der Waals surface area contributed by atoms with Crippen LogP contribution in [0.25, 0.3) is 0 Å². The first-order valence-electron chi connectivity index (χ1n) is 4.05. The molecule has 11 heavy (non-hydrogen) atoms. The topological polar surface area (TPSA) is 0 Å². The normalized spacial score (nSPS) is 23.1. The smallest absolute Gasteiger partial charge is 0.107 e. The van der Waals surface area contributed by atoms with E-state index in [1.54, 1.807) is 12.2 Å². The molecule has 1 heteroatoms. The fraction of sp³-hybridized carbons (Fsp3) is 0.400. The average Bonchev–Trinajstić information content (AvgIpc) is 2.18. The highest BCUT2D eigenvalue weighted by Gasteiger charge is 2.09. The van der Waals surface area contributed by atoms with Crippen molar-refractivity contribution in [1.29, 1.82) is 0 Å². The van der Waals surface area contributed by atoms with E-state index in [-0.39, 0.29) is 11.7 Å². The Labute approximate surface area is 67.1 Å². The average molecular weight is 152 g/mol. The first-order chi connectivity index (χ1) is 5.34. The van der Waals surface area contributed by atoms with Crippen molar-refractivity contribution in [2.45, 2.75) is 19.8 Å². The lowest BCUT2D eigenvalue weighted by Gasteiger charge is -2.06. The maximum Gasteiger partial charge on any atom is 0.107 e. The van der Waals surface area contributed by atoms with E-state index in [9.17, 15) is 4.39 Å². The van der Waals surface area contributed by atoms with Crippen LogP contribution < -0.4 is 0 Å². The fourth-order valence-corrected chi connectivity index (χ4v) is 1.17. The van der Waals surface area contributed by atoms with Gasteiger partial charge < -0.3 is 0 Å². The van der Waals surface area contributed by atoms with Crippen LogP contribution in [0, 0.1) is 5.92 Å². The molecule has 0 nitrogen and oxygen atoms in total. The van der Waals surface area contributed by atoms with Crippen molar-refractivity contribution >= 4 is 0 Å². The zero-order valence-corrected chi connectivity index (χ0v) is 6.76. The summed E-state index contributed by atoms with van der Waals surface area (Å²) in [7, 11) is 0. The molecule has 0 amide bonds. The van der Waals surface area contributed by atoms with E-state index in [0.29, 0.717) is 0 Å². The second-order valence-corrected chi connectivity index (χ2v) is 2.72. The van der Waals surface area contributed by atoms with Crippen LogP contribution in [-0.2, 0) is 0 Å². The van der Waals surface area contributed by atoms with E-state index in [1.807, 2.05) is 18.2 Å². The summed E-state index contributed by atoms with van der Waals surface area (Å²) in [4.78, 5) is 0. The summed E-state index contributed by atoms with van der Waals surface area (Å²) in [6.07, 6.45) is 10.9. The van der Waals surface area contributed by atoms with Crippen molar-refractivity contribution in [3.63, 3.8) is 0 Å². The fourth-order valence-electron chi connectivity index (χ4n) is 1.17. The quantitative estimate of drug-likeness (QED) is 0.569. The highest BCUT2D eigenvalue weighted by Crippen LogP contribution is 2.21. The standard InChI is InChI=1S/C10H13F/c1-2-6-9-7-4-3-5-8-10(9)11/h3-5,7-9H,2,6H2,1H3. The summed E-state index contributed by atoms with van der Waals surface area (Å²) < 4.78 is 13.1. The minimum Gasteiger partial charge on any atom is -0.211 e. The summed E-state index contributed by atoms with van der Waals surface area (Å²) in [5, 5.41) is 0. The first-order valence-corrected chi connectivity index (χ1v) is 4.05. The van der Waals surface area contributed by atoms with E-state index >= 15 is 0 Å². The Morgan fingerprint density at radius 2 is 2.18 bits per heavy atom. The second kappa shape index (κ2) is 4.12. The summed E-state index contributed by atoms with van der Waals surface area (Å²) in [5.74, 6) is -0.00755. The Hall–Kier alpha value is -0.850. The molecule has 0 aliphatic heterocycles. The van der Waals surface area contributed by atoms with Gasteiger partial charge in [-0.05, 0) is 12.5 Å². The molecule has 1 aliphatic carbocycles. The lowest BCUT2D eigenvalue weighted by molar-refractivity contribution is 0.498. The summed E-state index contributed by atoms with van der Waals surface area (Å²) >= 11 is 0. The molecule has 1 aliphatic rings. The molecule has 0 bridgehead atoms. The van der Waals surface area contributed by atoms with E-state index in [1.165, 1.54) is 0 Å². The minimum absolute atomic E-state index is 0.00926. The third-order valence-electron chi connectivity index (χ3n) is 1.77. The Kier molecular flexibility index (Phi) is 3.09. The highest BCUT2D eigenvalue weighted by molar-refractivity contribution is 5.22. The summed E-state index contributed by atoms with van der Waals surface area (Å²) in [5.41, 5.74) is 0. The van der Waals surface area contributed by atoms with E-state index in [0.717, 1.165) is 12.8 Å². The molecule has 0 N–H and O–H groups in total. The Morgan fingerprint density at radius 1 is 1.36 bits per heavy atom. The minimum atomic E-state index is -0.0168. The number of hydrogen-bond acceptors (Lipinski definition) is 0. The van der Waals surface area contributed by atoms with Crippen molar-refractivity contribution in [2.75, 3.05) is 0 Å². The second-order valence-electron chi connectivity index (χ2n) is 2.72. The van der Waals surface area contributed by atoms with Crippen molar-refractivity contribution in [3.8, 4) is 0 Å². The van der Waals surface area contributed by atoms with Crippen molar-refractivity contribution in [1.82, 2.24) is 0 Å². The van der Waals surface area contributed by atoms with Crippen LogP contribution in [0.15, 0.2) is 36.2 Å². The number of hydrogen-bond donors (Lipinski definition) is 0. The summed E-state index contributed by atoms with van der Waals surface area (Å²) in [6, 6.07) is 0. The van der Waals surface area contributed by atoms with Crippen LogP contribution >= 0.6 is 0 Å². The van der Waals surface area contributed by atoms with Crippen molar-refractivity contribution in [3.05, 3.63) is 36.2 Å². The molecule has 0 fully saturated rings. The molecule has 0 radical (unpaired) electrons. The molecular formula is C10H13F. The van der Waals surface area contributed by atoms with Crippen LogP contribution in [0.5, 0.6) is 0 Å². The van der Waals surface area contributed by atoms with Gasteiger partial charge in [0.05, 0.1) is 0 Å². The molecule has 0 saturated carbocycles. The predicted molar refractivity (Wildman–Crippen MR) is 45.9 cm³/mol.